The van der Waals surface area contributed by atoms with E-state index >= 15 is 0 Å². The summed E-state index contributed by atoms with van der Waals surface area (Å²) in [6.07, 6.45) is 1.67. The third-order valence-electron chi connectivity index (χ3n) is 4.53. The molecule has 0 N–H and O–H groups in total. The molecular formula is C22H18BrN3O6. The summed E-state index contributed by atoms with van der Waals surface area (Å²) in [6, 6.07) is 12.5. The van der Waals surface area contributed by atoms with Crippen molar-refractivity contribution in [3.8, 4) is 17.2 Å². The van der Waals surface area contributed by atoms with Gasteiger partial charge in [0.2, 0.25) is 5.75 Å². The summed E-state index contributed by atoms with van der Waals surface area (Å²) in [5.74, 6) is 0.333. The zero-order valence-corrected chi connectivity index (χ0v) is 19.0. The summed E-state index contributed by atoms with van der Waals surface area (Å²) in [5, 5.41) is 22.3. The number of hydrogen-bond donors (Lipinski definition) is 0. The van der Waals surface area contributed by atoms with E-state index in [-0.39, 0.29) is 11.5 Å². The Kier molecular flexibility index (Phi) is 6.84. The fraction of sp³-hybridized carbons (Fsp3) is 0.136. The Morgan fingerprint density at radius 2 is 1.72 bits per heavy atom. The number of hydrogen-bond acceptors (Lipinski definition) is 7. The minimum absolute atomic E-state index is 0.156. The fourth-order valence-electron chi connectivity index (χ4n) is 2.87. The van der Waals surface area contributed by atoms with Crippen molar-refractivity contribution in [2.24, 2.45) is 4.99 Å². The predicted molar refractivity (Wildman–Crippen MR) is 124 cm³/mol. The van der Waals surface area contributed by atoms with Gasteiger partial charge in [0.1, 0.15) is 0 Å². The van der Waals surface area contributed by atoms with Crippen LogP contribution in [0.4, 0.5) is 17.1 Å². The number of rotatable bonds is 7. The van der Waals surface area contributed by atoms with Gasteiger partial charge in [-0.1, -0.05) is 12.1 Å². The van der Waals surface area contributed by atoms with E-state index in [1.165, 1.54) is 13.2 Å². The van der Waals surface area contributed by atoms with Crippen LogP contribution in [-0.4, -0.2) is 23.2 Å². The number of non-ortho nitro benzene ring substituents is 1. The second kappa shape index (κ2) is 9.56. The highest BCUT2D eigenvalue weighted by atomic mass is 79.9. The standard InChI is InChI=1S/C22H18BrN3O6/c1-13-4-5-14(2)18(8-13)24-12-15-9-17(23)22(21(10-15)31-3)32-20-7-6-16(25(27)28)11-19(20)26(29)30/h4-12H,1-3H3. The largest absolute Gasteiger partial charge is 0.493 e. The lowest BCUT2D eigenvalue weighted by molar-refractivity contribution is -0.394. The highest BCUT2D eigenvalue weighted by Gasteiger charge is 2.23. The van der Waals surface area contributed by atoms with Crippen LogP contribution in [0.2, 0.25) is 0 Å². The molecule has 0 aliphatic heterocycles. The smallest absolute Gasteiger partial charge is 0.318 e. The normalized spacial score (nSPS) is 10.9. The van der Waals surface area contributed by atoms with E-state index in [0.717, 1.165) is 28.9 Å². The van der Waals surface area contributed by atoms with Gasteiger partial charge in [0.15, 0.2) is 11.5 Å². The maximum atomic E-state index is 11.4. The molecule has 9 nitrogen and oxygen atoms in total. The van der Waals surface area contributed by atoms with Gasteiger partial charge < -0.3 is 9.47 Å². The number of benzene rings is 3. The van der Waals surface area contributed by atoms with Crippen LogP contribution in [0.3, 0.4) is 0 Å². The van der Waals surface area contributed by atoms with Crippen molar-refractivity contribution in [3.05, 3.63) is 89.9 Å². The molecule has 0 unspecified atom stereocenters. The number of aryl methyl sites for hydroxylation is 2. The molecule has 10 heteroatoms. The van der Waals surface area contributed by atoms with Crippen LogP contribution >= 0.6 is 15.9 Å². The summed E-state index contributed by atoms with van der Waals surface area (Å²) in [6.45, 7) is 3.96. The molecule has 32 heavy (non-hydrogen) atoms. The summed E-state index contributed by atoms with van der Waals surface area (Å²) >= 11 is 3.40. The zero-order valence-electron chi connectivity index (χ0n) is 17.4. The summed E-state index contributed by atoms with van der Waals surface area (Å²) in [5.41, 5.74) is 2.72. The Morgan fingerprint density at radius 1 is 0.969 bits per heavy atom. The topological polar surface area (TPSA) is 117 Å². The monoisotopic (exact) mass is 499 g/mol. The lowest BCUT2D eigenvalue weighted by Gasteiger charge is -2.13. The molecule has 3 rings (SSSR count). The molecule has 0 radical (unpaired) electrons. The van der Waals surface area contributed by atoms with E-state index in [0.29, 0.717) is 15.8 Å². The minimum Gasteiger partial charge on any atom is -0.493 e. The van der Waals surface area contributed by atoms with Crippen molar-refractivity contribution in [2.45, 2.75) is 13.8 Å². The average molecular weight is 500 g/mol. The lowest BCUT2D eigenvalue weighted by atomic mass is 10.1. The fourth-order valence-corrected chi connectivity index (χ4v) is 3.41. The predicted octanol–water partition coefficient (Wildman–Crippen LogP) is 6.43. The maximum Gasteiger partial charge on any atom is 0.318 e. The molecule has 0 amide bonds. The Morgan fingerprint density at radius 3 is 2.38 bits per heavy atom. The first-order chi connectivity index (χ1) is 15.2. The lowest BCUT2D eigenvalue weighted by Crippen LogP contribution is -1.98. The Hall–Kier alpha value is -3.79. The highest BCUT2D eigenvalue weighted by molar-refractivity contribution is 9.10. The number of nitrogens with zero attached hydrogens (tertiary/aromatic N) is 3. The Labute approximate surface area is 191 Å². The first-order valence-electron chi connectivity index (χ1n) is 9.29. The molecule has 0 atom stereocenters. The molecule has 3 aromatic carbocycles. The molecule has 0 spiro atoms. The third-order valence-corrected chi connectivity index (χ3v) is 5.12. The number of aliphatic imine (C=N–C) groups is 1. The van der Waals surface area contributed by atoms with Crippen molar-refractivity contribution in [3.63, 3.8) is 0 Å². The molecule has 0 aromatic heterocycles. The van der Waals surface area contributed by atoms with E-state index in [2.05, 4.69) is 20.9 Å². The Balaban J connectivity index is 1.97. The van der Waals surface area contributed by atoms with E-state index in [9.17, 15) is 20.2 Å². The number of nitro benzene ring substituents is 2. The molecule has 3 aromatic rings. The minimum atomic E-state index is -0.742. The molecule has 0 aliphatic carbocycles. The van der Waals surface area contributed by atoms with E-state index < -0.39 is 21.2 Å². The molecule has 0 saturated heterocycles. The van der Waals surface area contributed by atoms with E-state index in [1.807, 2.05) is 32.0 Å². The maximum absolute atomic E-state index is 11.4. The van der Waals surface area contributed by atoms with Crippen LogP contribution in [0.25, 0.3) is 0 Å². The highest BCUT2D eigenvalue weighted by Crippen LogP contribution is 2.42. The molecule has 0 saturated carbocycles. The van der Waals surface area contributed by atoms with Crippen LogP contribution in [0, 0.1) is 34.1 Å². The quantitative estimate of drug-likeness (QED) is 0.210. The number of ether oxygens (including phenoxy) is 2. The van der Waals surface area contributed by atoms with Crippen molar-refractivity contribution >= 4 is 39.2 Å². The Bertz CT molecular complexity index is 1240. The van der Waals surface area contributed by atoms with Gasteiger partial charge in [0.05, 0.1) is 33.2 Å². The molecular weight excluding hydrogens is 482 g/mol. The van der Waals surface area contributed by atoms with Gasteiger partial charge >= 0.3 is 5.69 Å². The molecule has 0 bridgehead atoms. The molecule has 0 fully saturated rings. The first kappa shape index (κ1) is 22.9. The van der Waals surface area contributed by atoms with Crippen LogP contribution in [0.5, 0.6) is 17.2 Å². The van der Waals surface area contributed by atoms with E-state index in [1.54, 1.807) is 18.3 Å². The number of methoxy groups -OCH3 is 1. The number of nitro groups is 2. The van der Waals surface area contributed by atoms with Crippen molar-refractivity contribution in [1.29, 1.82) is 0 Å². The van der Waals surface area contributed by atoms with Crippen molar-refractivity contribution in [1.82, 2.24) is 0 Å². The van der Waals surface area contributed by atoms with Gasteiger partial charge in [-0.05, 0) is 70.7 Å². The van der Waals surface area contributed by atoms with Crippen LogP contribution in [-0.2, 0) is 0 Å². The van der Waals surface area contributed by atoms with E-state index in [4.69, 9.17) is 9.47 Å². The molecule has 0 heterocycles. The van der Waals surface area contributed by atoms with Crippen molar-refractivity contribution < 1.29 is 19.3 Å². The SMILES string of the molecule is COc1cc(C=Nc2cc(C)ccc2C)cc(Br)c1Oc1ccc([N+](=O)[O-])cc1[N+](=O)[O-]. The van der Waals surface area contributed by atoms with Gasteiger partial charge in [0, 0.05) is 12.3 Å². The zero-order chi connectivity index (χ0) is 23.4. The summed E-state index contributed by atoms with van der Waals surface area (Å²) in [7, 11) is 1.44. The van der Waals surface area contributed by atoms with Crippen LogP contribution < -0.4 is 9.47 Å². The summed E-state index contributed by atoms with van der Waals surface area (Å²) in [4.78, 5) is 25.4. The molecule has 0 aliphatic rings. The van der Waals surface area contributed by atoms with Crippen LogP contribution in [0.1, 0.15) is 16.7 Å². The molecule has 164 valence electrons. The third kappa shape index (κ3) is 5.09. The van der Waals surface area contributed by atoms with Gasteiger partial charge in [-0.3, -0.25) is 25.2 Å². The van der Waals surface area contributed by atoms with Gasteiger partial charge in [-0.2, -0.15) is 0 Å². The van der Waals surface area contributed by atoms with Gasteiger partial charge in [-0.15, -0.1) is 0 Å². The second-order valence-corrected chi connectivity index (χ2v) is 7.70. The van der Waals surface area contributed by atoms with Crippen molar-refractivity contribution in [2.75, 3.05) is 7.11 Å². The first-order valence-corrected chi connectivity index (χ1v) is 10.1. The van der Waals surface area contributed by atoms with Crippen LogP contribution in [0.15, 0.2) is 58.0 Å². The van der Waals surface area contributed by atoms with Gasteiger partial charge in [-0.25, -0.2) is 0 Å². The average Bonchev–Trinajstić information content (AvgIpc) is 2.75. The number of halogens is 1. The second-order valence-electron chi connectivity index (χ2n) is 6.85. The van der Waals surface area contributed by atoms with Gasteiger partial charge in [0.25, 0.3) is 5.69 Å². The summed E-state index contributed by atoms with van der Waals surface area (Å²) < 4.78 is 11.6.